The molecule has 0 N–H and O–H groups in total. The predicted molar refractivity (Wildman–Crippen MR) is 75.8 cm³/mol. The number of ketones is 1. The molecule has 0 saturated heterocycles. The Labute approximate surface area is 114 Å². The van der Waals surface area contributed by atoms with Gasteiger partial charge in [0.1, 0.15) is 0 Å². The molecule has 0 amide bonds. The molecular weight excluding hydrogens is 250 g/mol. The van der Waals surface area contributed by atoms with Gasteiger partial charge in [0.2, 0.25) is 0 Å². The molecule has 0 aromatic heterocycles. The van der Waals surface area contributed by atoms with Crippen molar-refractivity contribution in [1.82, 2.24) is 0 Å². The first-order valence-corrected chi connectivity index (χ1v) is 6.43. The summed E-state index contributed by atoms with van der Waals surface area (Å²) in [5.41, 5.74) is 1.55. The van der Waals surface area contributed by atoms with Crippen molar-refractivity contribution in [3.05, 3.63) is 28.8 Å². The topological polar surface area (TPSA) is 29.5 Å². The van der Waals surface area contributed by atoms with Gasteiger partial charge in [0, 0.05) is 19.2 Å². The van der Waals surface area contributed by atoms with E-state index in [4.69, 9.17) is 16.3 Å². The molecule has 0 atom stereocenters. The molecule has 0 saturated carbocycles. The minimum atomic E-state index is 0.0224. The molecule has 0 aliphatic carbocycles. The predicted octanol–water partition coefficient (Wildman–Crippen LogP) is 3.40. The van der Waals surface area contributed by atoms with Crippen LogP contribution in [0.4, 0.5) is 5.69 Å². The third kappa shape index (κ3) is 4.31. The normalized spacial score (nSPS) is 10.8. The highest BCUT2D eigenvalue weighted by molar-refractivity contribution is 6.33. The number of hydrogen-bond donors (Lipinski definition) is 0. The van der Waals surface area contributed by atoms with E-state index in [9.17, 15) is 4.79 Å². The van der Waals surface area contributed by atoms with Crippen LogP contribution >= 0.6 is 11.6 Å². The molecule has 4 heteroatoms. The number of carbonyl (C=O) groups is 1. The van der Waals surface area contributed by atoms with Gasteiger partial charge in [0.15, 0.2) is 5.78 Å². The van der Waals surface area contributed by atoms with E-state index in [0.717, 1.165) is 12.2 Å². The molecule has 0 unspecified atom stereocenters. The summed E-state index contributed by atoms with van der Waals surface area (Å²) in [6, 6.07) is 5.37. The lowest BCUT2D eigenvalue weighted by molar-refractivity contribution is 0.0846. The SMILES string of the molecule is CC(=O)c1ccc(N(C)CCOC(C)C)c(Cl)c1. The summed E-state index contributed by atoms with van der Waals surface area (Å²) >= 11 is 6.18. The lowest BCUT2D eigenvalue weighted by Gasteiger charge is -2.21. The van der Waals surface area contributed by atoms with Crippen LogP contribution in [-0.4, -0.2) is 32.1 Å². The van der Waals surface area contributed by atoms with Gasteiger partial charge >= 0.3 is 0 Å². The van der Waals surface area contributed by atoms with E-state index in [-0.39, 0.29) is 11.9 Å². The van der Waals surface area contributed by atoms with Gasteiger partial charge in [-0.3, -0.25) is 4.79 Å². The highest BCUT2D eigenvalue weighted by atomic mass is 35.5. The number of nitrogens with zero attached hydrogens (tertiary/aromatic N) is 1. The van der Waals surface area contributed by atoms with E-state index in [1.54, 1.807) is 12.1 Å². The Kier molecular flexibility index (Phi) is 5.63. The van der Waals surface area contributed by atoms with Crippen LogP contribution in [0.5, 0.6) is 0 Å². The van der Waals surface area contributed by atoms with Gasteiger partial charge in [-0.2, -0.15) is 0 Å². The average molecular weight is 270 g/mol. The molecule has 0 aliphatic rings. The summed E-state index contributed by atoms with van der Waals surface area (Å²) in [6.07, 6.45) is 0.231. The van der Waals surface area contributed by atoms with E-state index >= 15 is 0 Å². The first-order chi connectivity index (χ1) is 8.41. The van der Waals surface area contributed by atoms with Crippen molar-refractivity contribution in [3.63, 3.8) is 0 Å². The molecule has 1 aromatic rings. The van der Waals surface area contributed by atoms with Gasteiger partial charge in [0.25, 0.3) is 0 Å². The van der Waals surface area contributed by atoms with Crippen molar-refractivity contribution in [2.75, 3.05) is 25.1 Å². The summed E-state index contributed by atoms with van der Waals surface area (Å²) < 4.78 is 5.50. The zero-order chi connectivity index (χ0) is 13.7. The zero-order valence-electron chi connectivity index (χ0n) is 11.4. The van der Waals surface area contributed by atoms with Gasteiger partial charge in [0.05, 0.1) is 23.4 Å². The Morgan fingerprint density at radius 2 is 2.11 bits per heavy atom. The standard InChI is InChI=1S/C14H20ClNO2/c1-10(2)18-8-7-16(4)14-6-5-12(11(3)17)9-13(14)15/h5-6,9-10H,7-8H2,1-4H3. The smallest absolute Gasteiger partial charge is 0.159 e. The van der Waals surface area contributed by atoms with Crippen LogP contribution < -0.4 is 4.90 Å². The Balaban J connectivity index is 2.68. The number of anilines is 1. The molecule has 1 aromatic carbocycles. The van der Waals surface area contributed by atoms with Crippen LogP contribution in [0.1, 0.15) is 31.1 Å². The van der Waals surface area contributed by atoms with Gasteiger partial charge < -0.3 is 9.64 Å². The minimum Gasteiger partial charge on any atom is -0.377 e. The van der Waals surface area contributed by atoms with Gasteiger partial charge in [-0.15, -0.1) is 0 Å². The molecular formula is C14H20ClNO2. The number of benzene rings is 1. The van der Waals surface area contributed by atoms with E-state index in [1.165, 1.54) is 6.92 Å². The number of Topliss-reactive ketones (excluding diaryl/α,β-unsaturated/α-hetero) is 1. The Hall–Kier alpha value is -1.06. The maximum Gasteiger partial charge on any atom is 0.159 e. The third-order valence-corrected chi connectivity index (χ3v) is 2.95. The molecule has 0 fully saturated rings. The van der Waals surface area contributed by atoms with Crippen LogP contribution in [0.25, 0.3) is 0 Å². The highest BCUT2D eigenvalue weighted by Gasteiger charge is 2.09. The zero-order valence-corrected chi connectivity index (χ0v) is 12.1. The van der Waals surface area contributed by atoms with Gasteiger partial charge in [-0.05, 0) is 39.0 Å². The first-order valence-electron chi connectivity index (χ1n) is 6.05. The molecule has 100 valence electrons. The number of ether oxygens (including phenoxy) is 1. The van der Waals surface area contributed by atoms with Crippen LogP contribution in [0, 0.1) is 0 Å². The summed E-state index contributed by atoms with van der Waals surface area (Å²) in [4.78, 5) is 13.3. The number of likely N-dealkylation sites (N-methyl/N-ethyl adjacent to an activating group) is 1. The Morgan fingerprint density at radius 1 is 1.44 bits per heavy atom. The Bertz CT molecular complexity index is 418. The summed E-state index contributed by atoms with van der Waals surface area (Å²) in [6.45, 7) is 6.96. The van der Waals surface area contributed by atoms with Crippen LogP contribution in [-0.2, 0) is 4.74 Å². The second kappa shape index (κ2) is 6.76. The summed E-state index contributed by atoms with van der Waals surface area (Å²) in [7, 11) is 1.96. The lowest BCUT2D eigenvalue weighted by Crippen LogP contribution is -2.24. The second-order valence-electron chi connectivity index (χ2n) is 4.56. The van der Waals surface area contributed by atoms with Crippen molar-refractivity contribution in [2.45, 2.75) is 26.9 Å². The summed E-state index contributed by atoms with van der Waals surface area (Å²) in [5.74, 6) is 0.0224. The molecule has 3 nitrogen and oxygen atoms in total. The number of rotatable bonds is 6. The largest absolute Gasteiger partial charge is 0.377 e. The average Bonchev–Trinajstić information content (AvgIpc) is 2.27. The molecule has 0 spiro atoms. The quantitative estimate of drug-likeness (QED) is 0.742. The van der Waals surface area contributed by atoms with Gasteiger partial charge in [-0.1, -0.05) is 11.6 Å². The van der Waals surface area contributed by atoms with Crippen LogP contribution in [0.15, 0.2) is 18.2 Å². The summed E-state index contributed by atoms with van der Waals surface area (Å²) in [5, 5.41) is 0.592. The molecule has 18 heavy (non-hydrogen) atoms. The number of hydrogen-bond acceptors (Lipinski definition) is 3. The first kappa shape index (κ1) is 15.0. The molecule has 0 bridgehead atoms. The van der Waals surface area contributed by atoms with E-state index in [1.807, 2.05) is 31.9 Å². The van der Waals surface area contributed by atoms with Gasteiger partial charge in [-0.25, -0.2) is 0 Å². The van der Waals surface area contributed by atoms with Crippen LogP contribution in [0.3, 0.4) is 0 Å². The third-order valence-electron chi connectivity index (χ3n) is 2.64. The lowest BCUT2D eigenvalue weighted by atomic mass is 10.1. The number of halogens is 1. The van der Waals surface area contributed by atoms with E-state index in [2.05, 4.69) is 0 Å². The fraction of sp³-hybridized carbons (Fsp3) is 0.500. The molecule has 0 aliphatic heterocycles. The second-order valence-corrected chi connectivity index (χ2v) is 4.97. The number of carbonyl (C=O) groups excluding carboxylic acids is 1. The monoisotopic (exact) mass is 269 g/mol. The van der Waals surface area contributed by atoms with Crippen molar-refractivity contribution in [3.8, 4) is 0 Å². The van der Waals surface area contributed by atoms with E-state index < -0.39 is 0 Å². The maximum absolute atomic E-state index is 11.2. The van der Waals surface area contributed by atoms with Crippen molar-refractivity contribution in [1.29, 1.82) is 0 Å². The Morgan fingerprint density at radius 3 is 2.61 bits per heavy atom. The van der Waals surface area contributed by atoms with Crippen molar-refractivity contribution < 1.29 is 9.53 Å². The molecule has 1 rings (SSSR count). The van der Waals surface area contributed by atoms with Crippen molar-refractivity contribution >= 4 is 23.1 Å². The fourth-order valence-corrected chi connectivity index (χ4v) is 1.91. The fourth-order valence-electron chi connectivity index (χ4n) is 1.58. The molecule has 0 radical (unpaired) electrons. The highest BCUT2D eigenvalue weighted by Crippen LogP contribution is 2.26. The minimum absolute atomic E-state index is 0.0224. The van der Waals surface area contributed by atoms with Crippen LogP contribution in [0.2, 0.25) is 5.02 Å². The maximum atomic E-state index is 11.2. The van der Waals surface area contributed by atoms with Crippen molar-refractivity contribution in [2.24, 2.45) is 0 Å². The van der Waals surface area contributed by atoms with E-state index in [0.29, 0.717) is 17.2 Å². The molecule has 0 heterocycles.